The molecule has 0 amide bonds. The average Bonchev–Trinajstić information content (AvgIpc) is 2.48. The first-order chi connectivity index (χ1) is 10.5. The normalized spacial score (nSPS) is 20.5. The van der Waals surface area contributed by atoms with Gasteiger partial charge in [0.2, 0.25) is 10.0 Å². The molecule has 0 bridgehead atoms. The van der Waals surface area contributed by atoms with Crippen LogP contribution in [0.3, 0.4) is 0 Å². The smallest absolute Gasteiger partial charge is 0.322 e. The van der Waals surface area contributed by atoms with Crippen LogP contribution in [0, 0.1) is 0 Å². The lowest BCUT2D eigenvalue weighted by Crippen LogP contribution is -2.45. The fourth-order valence-corrected chi connectivity index (χ4v) is 3.94. The van der Waals surface area contributed by atoms with Gasteiger partial charge < -0.3 is 9.84 Å². The number of carbonyl (C=O) groups is 1. The van der Waals surface area contributed by atoms with Crippen molar-refractivity contribution in [2.24, 2.45) is 0 Å². The van der Waals surface area contributed by atoms with Gasteiger partial charge in [0.25, 0.3) is 0 Å². The molecule has 1 unspecified atom stereocenters. The SMILES string of the molecule is O=C(O)[C@H](Cc1ccccc1)NS(=O)(=O)CC1CCCCO1. The number of sulfonamides is 1. The van der Waals surface area contributed by atoms with E-state index in [4.69, 9.17) is 4.74 Å². The third-order valence-electron chi connectivity index (χ3n) is 3.58. The Bertz CT molecular complexity index is 581. The molecule has 122 valence electrons. The highest BCUT2D eigenvalue weighted by atomic mass is 32.2. The summed E-state index contributed by atoms with van der Waals surface area (Å²) in [5.74, 6) is -1.37. The number of carboxylic acid groups (broad SMARTS) is 1. The standard InChI is InChI=1S/C15H21NO5S/c17-15(18)14(10-12-6-2-1-3-7-12)16-22(19,20)11-13-8-4-5-9-21-13/h1-3,6-7,13-14,16H,4-5,8-11H2,(H,17,18)/t13?,14-/m0/s1. The Labute approximate surface area is 130 Å². The van der Waals surface area contributed by atoms with Crippen LogP contribution in [0.4, 0.5) is 0 Å². The van der Waals surface area contributed by atoms with Gasteiger partial charge >= 0.3 is 5.97 Å². The molecule has 1 aromatic carbocycles. The topological polar surface area (TPSA) is 92.7 Å². The van der Waals surface area contributed by atoms with Crippen molar-refractivity contribution in [2.45, 2.75) is 37.8 Å². The summed E-state index contributed by atoms with van der Waals surface area (Å²) in [6, 6.07) is 7.78. The van der Waals surface area contributed by atoms with Crippen LogP contribution in [-0.2, 0) is 26.0 Å². The van der Waals surface area contributed by atoms with E-state index in [1.165, 1.54) is 0 Å². The molecule has 0 spiro atoms. The van der Waals surface area contributed by atoms with Crippen LogP contribution < -0.4 is 4.72 Å². The second-order valence-electron chi connectivity index (χ2n) is 5.47. The maximum atomic E-state index is 12.1. The van der Waals surface area contributed by atoms with Crippen LogP contribution in [0.5, 0.6) is 0 Å². The summed E-state index contributed by atoms with van der Waals surface area (Å²) in [6.07, 6.45) is 2.33. The third kappa shape index (κ3) is 5.40. The first-order valence-corrected chi connectivity index (χ1v) is 9.00. The lowest BCUT2D eigenvalue weighted by atomic mass is 10.1. The molecule has 1 saturated heterocycles. The Morgan fingerprint density at radius 2 is 2.05 bits per heavy atom. The van der Waals surface area contributed by atoms with E-state index in [9.17, 15) is 18.3 Å². The van der Waals surface area contributed by atoms with Gasteiger partial charge in [0.15, 0.2) is 0 Å². The molecule has 0 radical (unpaired) electrons. The molecule has 6 nitrogen and oxygen atoms in total. The van der Waals surface area contributed by atoms with Crippen molar-refractivity contribution in [2.75, 3.05) is 12.4 Å². The molecule has 0 aliphatic carbocycles. The average molecular weight is 327 g/mol. The minimum Gasteiger partial charge on any atom is -0.480 e. The summed E-state index contributed by atoms with van der Waals surface area (Å²) in [6.45, 7) is 0.562. The molecule has 0 aromatic heterocycles. The number of benzene rings is 1. The van der Waals surface area contributed by atoms with E-state index >= 15 is 0 Å². The lowest BCUT2D eigenvalue weighted by Gasteiger charge is -2.23. The summed E-state index contributed by atoms with van der Waals surface area (Å²) in [5, 5.41) is 9.25. The Hall–Kier alpha value is -1.44. The van der Waals surface area contributed by atoms with E-state index in [0.717, 1.165) is 18.4 Å². The van der Waals surface area contributed by atoms with E-state index in [1.54, 1.807) is 24.3 Å². The zero-order chi connectivity index (χ0) is 16.0. The highest BCUT2D eigenvalue weighted by Gasteiger charge is 2.27. The van der Waals surface area contributed by atoms with E-state index in [-0.39, 0.29) is 18.3 Å². The minimum absolute atomic E-state index is 0.112. The number of hydrogen-bond donors (Lipinski definition) is 2. The molecule has 1 aliphatic heterocycles. The fourth-order valence-electron chi connectivity index (χ4n) is 2.48. The molecular formula is C15H21NO5S. The van der Waals surface area contributed by atoms with Crippen LogP contribution >= 0.6 is 0 Å². The highest BCUT2D eigenvalue weighted by molar-refractivity contribution is 7.89. The molecule has 1 aromatic rings. The number of aliphatic carboxylic acids is 1. The Morgan fingerprint density at radius 3 is 2.64 bits per heavy atom. The number of nitrogens with one attached hydrogen (secondary N) is 1. The molecule has 1 heterocycles. The predicted octanol–water partition coefficient (Wildman–Crippen LogP) is 1.17. The Morgan fingerprint density at radius 1 is 1.32 bits per heavy atom. The first kappa shape index (κ1) is 16.9. The quantitative estimate of drug-likeness (QED) is 0.784. The number of hydrogen-bond acceptors (Lipinski definition) is 4. The van der Waals surface area contributed by atoms with E-state index < -0.39 is 22.0 Å². The maximum absolute atomic E-state index is 12.1. The van der Waals surface area contributed by atoms with Gasteiger partial charge in [-0.05, 0) is 31.2 Å². The Kier molecular flexibility index (Phi) is 5.93. The molecule has 2 N–H and O–H groups in total. The van der Waals surface area contributed by atoms with Crippen molar-refractivity contribution in [3.63, 3.8) is 0 Å². The number of carboxylic acids is 1. The third-order valence-corrected chi connectivity index (χ3v) is 5.04. The molecule has 0 saturated carbocycles. The minimum atomic E-state index is -3.70. The van der Waals surface area contributed by atoms with Crippen LogP contribution in [0.1, 0.15) is 24.8 Å². The van der Waals surface area contributed by atoms with E-state index in [2.05, 4.69) is 4.72 Å². The predicted molar refractivity (Wildman–Crippen MR) is 82.1 cm³/mol. The van der Waals surface area contributed by atoms with Gasteiger partial charge in [0.1, 0.15) is 6.04 Å². The van der Waals surface area contributed by atoms with Gasteiger partial charge in [-0.1, -0.05) is 30.3 Å². The van der Waals surface area contributed by atoms with Crippen molar-refractivity contribution in [1.29, 1.82) is 0 Å². The van der Waals surface area contributed by atoms with Crippen LogP contribution in [-0.4, -0.2) is 44.0 Å². The molecule has 2 rings (SSSR count). The molecular weight excluding hydrogens is 306 g/mol. The van der Waals surface area contributed by atoms with Crippen molar-refractivity contribution in [1.82, 2.24) is 4.72 Å². The number of ether oxygens (including phenoxy) is 1. The maximum Gasteiger partial charge on any atom is 0.322 e. The second-order valence-corrected chi connectivity index (χ2v) is 7.27. The lowest BCUT2D eigenvalue weighted by molar-refractivity contribution is -0.138. The molecule has 1 aliphatic rings. The zero-order valence-electron chi connectivity index (χ0n) is 12.3. The monoisotopic (exact) mass is 327 g/mol. The van der Waals surface area contributed by atoms with Gasteiger partial charge in [-0.2, -0.15) is 0 Å². The van der Waals surface area contributed by atoms with Crippen molar-refractivity contribution < 1.29 is 23.1 Å². The van der Waals surface area contributed by atoms with Crippen LogP contribution in [0.15, 0.2) is 30.3 Å². The van der Waals surface area contributed by atoms with Crippen LogP contribution in [0.25, 0.3) is 0 Å². The number of rotatable bonds is 7. The van der Waals surface area contributed by atoms with Gasteiger partial charge in [0, 0.05) is 6.61 Å². The molecule has 22 heavy (non-hydrogen) atoms. The summed E-state index contributed by atoms with van der Waals surface area (Å²) in [4.78, 5) is 11.3. The van der Waals surface area contributed by atoms with Crippen molar-refractivity contribution in [3.05, 3.63) is 35.9 Å². The van der Waals surface area contributed by atoms with Crippen molar-refractivity contribution >= 4 is 16.0 Å². The van der Waals surface area contributed by atoms with E-state index in [0.29, 0.717) is 13.0 Å². The summed E-state index contributed by atoms with van der Waals surface area (Å²) in [5.41, 5.74) is 0.770. The summed E-state index contributed by atoms with van der Waals surface area (Å²) >= 11 is 0. The molecule has 1 fully saturated rings. The summed E-state index contributed by atoms with van der Waals surface area (Å²) in [7, 11) is -3.70. The second kappa shape index (κ2) is 7.71. The van der Waals surface area contributed by atoms with E-state index in [1.807, 2.05) is 6.07 Å². The largest absolute Gasteiger partial charge is 0.480 e. The van der Waals surface area contributed by atoms with Gasteiger partial charge in [-0.3, -0.25) is 4.79 Å². The van der Waals surface area contributed by atoms with Gasteiger partial charge in [-0.15, -0.1) is 0 Å². The Balaban J connectivity index is 1.98. The molecule has 7 heteroatoms. The molecule has 2 atom stereocenters. The van der Waals surface area contributed by atoms with Crippen LogP contribution in [0.2, 0.25) is 0 Å². The van der Waals surface area contributed by atoms with Crippen molar-refractivity contribution in [3.8, 4) is 0 Å². The van der Waals surface area contributed by atoms with Gasteiger partial charge in [-0.25, -0.2) is 13.1 Å². The fraction of sp³-hybridized carbons (Fsp3) is 0.533. The zero-order valence-corrected chi connectivity index (χ0v) is 13.1. The highest BCUT2D eigenvalue weighted by Crippen LogP contribution is 2.14. The summed E-state index contributed by atoms with van der Waals surface area (Å²) < 4.78 is 32.0. The first-order valence-electron chi connectivity index (χ1n) is 7.34. The van der Waals surface area contributed by atoms with Gasteiger partial charge in [0.05, 0.1) is 11.9 Å².